The number of amides is 1. The molecule has 1 amide bonds. The molecule has 1 atom stereocenters. The lowest BCUT2D eigenvalue weighted by Crippen LogP contribution is -2.31. The van der Waals surface area contributed by atoms with Crippen LogP contribution in [0.15, 0.2) is 36.7 Å². The molecule has 1 heterocycles. The summed E-state index contributed by atoms with van der Waals surface area (Å²) < 4.78 is 5.49. The smallest absolute Gasteiger partial charge is 0.258 e. The van der Waals surface area contributed by atoms with Crippen LogP contribution >= 0.6 is 0 Å². The molecular weight excluding hydrogens is 256 g/mol. The summed E-state index contributed by atoms with van der Waals surface area (Å²) in [5.41, 5.74) is 7.41. The second-order valence-corrected chi connectivity index (χ2v) is 4.42. The van der Waals surface area contributed by atoms with Crippen molar-refractivity contribution in [2.75, 3.05) is 6.61 Å². The number of aromatic amines is 1. The first-order valence-electron chi connectivity index (χ1n) is 6.39. The van der Waals surface area contributed by atoms with E-state index in [0.717, 1.165) is 11.1 Å². The van der Waals surface area contributed by atoms with Gasteiger partial charge in [0.25, 0.3) is 5.91 Å². The number of hydrogen-bond acceptors (Lipinski definition) is 4. The Labute approximate surface area is 117 Å². The number of aromatic nitrogens is 2. The third kappa shape index (κ3) is 3.58. The van der Waals surface area contributed by atoms with E-state index in [2.05, 4.69) is 15.5 Å². The number of ether oxygens (including phenoxy) is 1. The summed E-state index contributed by atoms with van der Waals surface area (Å²) in [5.74, 6) is 0.451. The van der Waals surface area contributed by atoms with E-state index in [1.54, 1.807) is 18.5 Å². The fourth-order valence-electron chi connectivity index (χ4n) is 1.82. The number of rotatable bonds is 6. The number of benzene rings is 1. The summed E-state index contributed by atoms with van der Waals surface area (Å²) in [4.78, 5) is 11.8. The van der Waals surface area contributed by atoms with Crippen molar-refractivity contribution in [3.8, 4) is 5.75 Å². The highest BCUT2D eigenvalue weighted by molar-refractivity contribution is 5.78. The minimum Gasteiger partial charge on any atom is -0.483 e. The van der Waals surface area contributed by atoms with Crippen molar-refractivity contribution >= 4 is 5.91 Å². The molecule has 0 aliphatic heterocycles. The highest BCUT2D eigenvalue weighted by Crippen LogP contribution is 2.17. The number of nitrogens with two attached hydrogens (primary N) is 1. The number of H-pyrrole nitrogens is 1. The Bertz CT molecular complexity index is 554. The maximum absolute atomic E-state index is 11.8. The molecule has 4 N–H and O–H groups in total. The quantitative estimate of drug-likeness (QED) is 0.736. The third-order valence-corrected chi connectivity index (χ3v) is 2.95. The lowest BCUT2D eigenvalue weighted by atomic mass is 10.2. The van der Waals surface area contributed by atoms with Crippen LogP contribution in [0.25, 0.3) is 0 Å². The van der Waals surface area contributed by atoms with Gasteiger partial charge in [0, 0.05) is 23.9 Å². The number of nitrogens with one attached hydrogen (secondary N) is 2. The average Bonchev–Trinajstić information content (AvgIpc) is 2.99. The van der Waals surface area contributed by atoms with Gasteiger partial charge in [-0.1, -0.05) is 18.2 Å². The van der Waals surface area contributed by atoms with Crippen LogP contribution in [0.4, 0.5) is 0 Å². The van der Waals surface area contributed by atoms with E-state index in [-0.39, 0.29) is 18.6 Å². The van der Waals surface area contributed by atoms with Gasteiger partial charge in [-0.2, -0.15) is 5.10 Å². The Morgan fingerprint density at radius 1 is 1.50 bits per heavy atom. The summed E-state index contributed by atoms with van der Waals surface area (Å²) >= 11 is 0. The van der Waals surface area contributed by atoms with E-state index in [1.807, 2.05) is 25.1 Å². The summed E-state index contributed by atoms with van der Waals surface area (Å²) in [7, 11) is 0. The predicted octanol–water partition coefficient (Wildman–Crippen LogP) is 1.12. The number of nitrogens with zero attached hydrogens (tertiary/aromatic N) is 1. The van der Waals surface area contributed by atoms with Crippen molar-refractivity contribution in [1.82, 2.24) is 15.5 Å². The number of hydrogen-bond donors (Lipinski definition) is 3. The second-order valence-electron chi connectivity index (χ2n) is 4.42. The minimum absolute atomic E-state index is 0.0425. The third-order valence-electron chi connectivity index (χ3n) is 2.95. The fraction of sp³-hybridized carbons (Fsp3) is 0.286. The Kier molecular flexibility index (Phi) is 4.73. The zero-order chi connectivity index (χ0) is 14.4. The average molecular weight is 274 g/mol. The molecule has 6 nitrogen and oxygen atoms in total. The molecular formula is C14H18N4O2. The number of para-hydroxylation sites is 1. The summed E-state index contributed by atoms with van der Waals surface area (Å²) in [6, 6.07) is 7.29. The Hall–Kier alpha value is -2.34. The zero-order valence-corrected chi connectivity index (χ0v) is 11.3. The molecule has 1 unspecified atom stereocenters. The molecule has 1 aromatic heterocycles. The van der Waals surface area contributed by atoms with Crippen LogP contribution in [-0.4, -0.2) is 22.7 Å². The number of carbonyl (C=O) groups excluding carboxylic acids is 1. The molecule has 0 fully saturated rings. The largest absolute Gasteiger partial charge is 0.483 e. The van der Waals surface area contributed by atoms with Crippen LogP contribution in [0.5, 0.6) is 5.75 Å². The molecule has 2 aromatic rings. The molecule has 0 radical (unpaired) electrons. The van der Waals surface area contributed by atoms with Crippen molar-refractivity contribution in [1.29, 1.82) is 0 Å². The van der Waals surface area contributed by atoms with Gasteiger partial charge in [0.2, 0.25) is 0 Å². The van der Waals surface area contributed by atoms with Gasteiger partial charge in [-0.15, -0.1) is 0 Å². The van der Waals surface area contributed by atoms with E-state index < -0.39 is 0 Å². The standard InChI is InChI=1S/C14H18N4O2/c1-10(12-7-16-17-8-12)18-14(19)9-20-13-5-3-2-4-11(13)6-15/h2-5,7-8,10H,6,9,15H2,1H3,(H,16,17)(H,18,19). The molecule has 0 aliphatic carbocycles. The van der Waals surface area contributed by atoms with Crippen molar-refractivity contribution < 1.29 is 9.53 Å². The van der Waals surface area contributed by atoms with Gasteiger partial charge in [-0.25, -0.2) is 0 Å². The van der Waals surface area contributed by atoms with E-state index in [0.29, 0.717) is 12.3 Å². The predicted molar refractivity (Wildman–Crippen MR) is 75.0 cm³/mol. The van der Waals surface area contributed by atoms with Gasteiger partial charge in [0.15, 0.2) is 6.61 Å². The highest BCUT2D eigenvalue weighted by Gasteiger charge is 2.11. The van der Waals surface area contributed by atoms with Crippen molar-refractivity contribution in [2.45, 2.75) is 19.5 Å². The maximum atomic E-state index is 11.8. The minimum atomic E-state index is -0.189. The monoisotopic (exact) mass is 274 g/mol. The summed E-state index contributed by atoms with van der Waals surface area (Å²) in [5, 5.41) is 9.39. The summed E-state index contributed by atoms with van der Waals surface area (Å²) in [6.07, 6.45) is 3.42. The molecule has 0 saturated carbocycles. The molecule has 2 rings (SSSR count). The lowest BCUT2D eigenvalue weighted by molar-refractivity contribution is -0.123. The topological polar surface area (TPSA) is 93.0 Å². The molecule has 0 saturated heterocycles. The van der Waals surface area contributed by atoms with Gasteiger partial charge in [-0.3, -0.25) is 9.89 Å². The molecule has 0 aliphatic rings. The Balaban J connectivity index is 1.86. The van der Waals surface area contributed by atoms with Crippen LogP contribution in [0.3, 0.4) is 0 Å². The van der Waals surface area contributed by atoms with Crippen molar-refractivity contribution in [3.63, 3.8) is 0 Å². The van der Waals surface area contributed by atoms with Gasteiger partial charge in [0.1, 0.15) is 5.75 Å². The SMILES string of the molecule is CC(NC(=O)COc1ccccc1CN)c1cn[nH]c1. The van der Waals surface area contributed by atoms with Gasteiger partial charge in [0.05, 0.1) is 12.2 Å². The van der Waals surface area contributed by atoms with E-state index in [4.69, 9.17) is 10.5 Å². The molecule has 6 heteroatoms. The zero-order valence-electron chi connectivity index (χ0n) is 11.3. The van der Waals surface area contributed by atoms with Gasteiger partial charge in [-0.05, 0) is 13.0 Å². The van der Waals surface area contributed by atoms with Gasteiger partial charge < -0.3 is 15.8 Å². The molecule has 0 spiro atoms. The van der Waals surface area contributed by atoms with Crippen molar-refractivity contribution in [2.24, 2.45) is 5.73 Å². The van der Waals surface area contributed by atoms with E-state index in [9.17, 15) is 4.79 Å². The number of carbonyl (C=O) groups is 1. The molecule has 106 valence electrons. The van der Waals surface area contributed by atoms with E-state index in [1.165, 1.54) is 0 Å². The first-order chi connectivity index (χ1) is 9.70. The van der Waals surface area contributed by atoms with E-state index >= 15 is 0 Å². The first-order valence-corrected chi connectivity index (χ1v) is 6.39. The fourth-order valence-corrected chi connectivity index (χ4v) is 1.82. The summed E-state index contributed by atoms with van der Waals surface area (Å²) in [6.45, 7) is 2.22. The van der Waals surface area contributed by atoms with Crippen LogP contribution < -0.4 is 15.8 Å². The van der Waals surface area contributed by atoms with Crippen LogP contribution in [0.2, 0.25) is 0 Å². The lowest BCUT2D eigenvalue weighted by Gasteiger charge is -2.13. The molecule has 1 aromatic carbocycles. The normalized spacial score (nSPS) is 11.9. The van der Waals surface area contributed by atoms with Crippen LogP contribution in [-0.2, 0) is 11.3 Å². The Morgan fingerprint density at radius 2 is 2.30 bits per heavy atom. The Morgan fingerprint density at radius 3 is 3.00 bits per heavy atom. The second kappa shape index (κ2) is 6.72. The molecule has 20 heavy (non-hydrogen) atoms. The van der Waals surface area contributed by atoms with Crippen LogP contribution in [0.1, 0.15) is 24.1 Å². The first kappa shape index (κ1) is 14.1. The van der Waals surface area contributed by atoms with Crippen LogP contribution in [0, 0.1) is 0 Å². The maximum Gasteiger partial charge on any atom is 0.258 e. The van der Waals surface area contributed by atoms with Crippen molar-refractivity contribution in [3.05, 3.63) is 47.8 Å². The molecule has 0 bridgehead atoms. The highest BCUT2D eigenvalue weighted by atomic mass is 16.5. The van der Waals surface area contributed by atoms with Gasteiger partial charge >= 0.3 is 0 Å².